The van der Waals surface area contributed by atoms with Crippen LogP contribution in [0.2, 0.25) is 10.0 Å². The van der Waals surface area contributed by atoms with Crippen molar-refractivity contribution in [1.29, 1.82) is 0 Å². The monoisotopic (exact) mass is 453 g/mol. The molecule has 0 bridgehead atoms. The number of para-hydroxylation sites is 2. The smallest absolute Gasteiger partial charge is 0.257 e. The van der Waals surface area contributed by atoms with Crippen LogP contribution in [0.4, 0.5) is 5.82 Å². The molecular weight excluding hydrogens is 433 g/mol. The molecule has 1 amide bonds. The van der Waals surface area contributed by atoms with E-state index in [0.717, 1.165) is 25.7 Å². The van der Waals surface area contributed by atoms with Gasteiger partial charge in [-0.15, -0.1) is 0 Å². The predicted octanol–water partition coefficient (Wildman–Crippen LogP) is 5.53. The summed E-state index contributed by atoms with van der Waals surface area (Å²) in [4.78, 5) is 22.9. The first-order valence-electron chi connectivity index (χ1n) is 10.4. The van der Waals surface area contributed by atoms with E-state index in [-0.39, 0.29) is 17.8 Å². The molecule has 1 aliphatic rings. The van der Waals surface area contributed by atoms with Gasteiger partial charge in [-0.2, -0.15) is 0 Å². The van der Waals surface area contributed by atoms with Gasteiger partial charge in [0.05, 0.1) is 26.8 Å². The van der Waals surface area contributed by atoms with Crippen molar-refractivity contribution in [3.05, 3.63) is 58.1 Å². The molecule has 0 saturated heterocycles. The number of rotatable bonds is 3. The Labute approximate surface area is 189 Å². The quantitative estimate of drug-likeness (QED) is 0.427. The average Bonchev–Trinajstić information content (AvgIpc) is 3.05. The number of nitrogens with zero attached hydrogens (tertiary/aromatic N) is 3. The van der Waals surface area contributed by atoms with Crippen LogP contribution in [0.15, 0.2) is 42.5 Å². The topological polar surface area (TPSA) is 85.8 Å². The zero-order chi connectivity index (χ0) is 21.5. The van der Waals surface area contributed by atoms with Gasteiger partial charge in [0, 0.05) is 6.04 Å². The molecule has 0 spiro atoms. The lowest BCUT2D eigenvalue weighted by molar-refractivity contribution is 0.0930. The van der Waals surface area contributed by atoms with Crippen molar-refractivity contribution in [1.82, 2.24) is 19.9 Å². The van der Waals surface area contributed by atoms with Crippen LogP contribution in [0, 0.1) is 0 Å². The lowest BCUT2D eigenvalue weighted by Gasteiger charge is -2.22. The molecular formula is C23H21Cl2N5O. The fourth-order valence-electron chi connectivity index (χ4n) is 4.28. The number of fused-ring (bicyclic) bond motifs is 2. The normalized spacial score (nSPS) is 14.9. The van der Waals surface area contributed by atoms with Gasteiger partial charge < -0.3 is 11.1 Å². The summed E-state index contributed by atoms with van der Waals surface area (Å²) in [5, 5.41) is 3.98. The van der Waals surface area contributed by atoms with Crippen LogP contribution < -0.4 is 11.1 Å². The molecule has 0 aliphatic heterocycles. The summed E-state index contributed by atoms with van der Waals surface area (Å²) in [5.74, 6) is 0.0507. The molecule has 2 aromatic carbocycles. The third kappa shape index (κ3) is 3.60. The first-order chi connectivity index (χ1) is 15.0. The van der Waals surface area contributed by atoms with E-state index in [1.54, 1.807) is 22.8 Å². The highest BCUT2D eigenvalue weighted by Crippen LogP contribution is 2.33. The standard InChI is InChI=1S/C23H21Cl2N5O/c24-15-11-10-14(12-16(15)25)30-21(26)19(23(31)27-13-6-2-1-3-7-13)20-22(30)29-18-9-5-4-8-17(18)28-20/h4-5,8-13H,1-3,6-7,26H2,(H,27,31). The van der Waals surface area contributed by atoms with Crippen molar-refractivity contribution in [2.24, 2.45) is 0 Å². The van der Waals surface area contributed by atoms with Gasteiger partial charge in [0.1, 0.15) is 16.9 Å². The van der Waals surface area contributed by atoms with Gasteiger partial charge in [-0.25, -0.2) is 9.97 Å². The number of nitrogens with two attached hydrogens (primary N) is 1. The molecule has 8 heteroatoms. The molecule has 158 valence electrons. The van der Waals surface area contributed by atoms with E-state index in [0.29, 0.717) is 43.5 Å². The number of carbonyl (C=O) groups is 1. The molecule has 0 atom stereocenters. The van der Waals surface area contributed by atoms with Crippen molar-refractivity contribution < 1.29 is 4.79 Å². The second kappa shape index (κ2) is 8.02. The number of hydrogen-bond acceptors (Lipinski definition) is 4. The van der Waals surface area contributed by atoms with Crippen molar-refractivity contribution in [3.8, 4) is 5.69 Å². The summed E-state index contributed by atoms with van der Waals surface area (Å²) in [6, 6.07) is 12.9. The lowest BCUT2D eigenvalue weighted by atomic mass is 9.95. The number of benzene rings is 2. The molecule has 6 nitrogen and oxygen atoms in total. The Balaban J connectivity index is 1.72. The number of carbonyl (C=O) groups excluding carboxylic acids is 1. The van der Waals surface area contributed by atoms with Crippen LogP contribution in [0.1, 0.15) is 42.5 Å². The largest absolute Gasteiger partial charge is 0.384 e. The van der Waals surface area contributed by atoms with Crippen LogP contribution in [-0.2, 0) is 0 Å². The van der Waals surface area contributed by atoms with E-state index in [1.165, 1.54) is 6.42 Å². The van der Waals surface area contributed by atoms with E-state index >= 15 is 0 Å². The average molecular weight is 454 g/mol. The van der Waals surface area contributed by atoms with E-state index in [1.807, 2.05) is 24.3 Å². The van der Waals surface area contributed by atoms with Crippen LogP contribution in [0.3, 0.4) is 0 Å². The first-order valence-corrected chi connectivity index (χ1v) is 11.1. The van der Waals surface area contributed by atoms with Crippen LogP contribution in [0.5, 0.6) is 0 Å². The fourth-order valence-corrected chi connectivity index (χ4v) is 4.57. The SMILES string of the molecule is Nc1c(C(=O)NC2CCCCC2)c2nc3ccccc3nc2n1-c1ccc(Cl)c(Cl)c1. The van der Waals surface area contributed by atoms with Crippen molar-refractivity contribution in [2.45, 2.75) is 38.1 Å². The predicted molar refractivity (Wildman–Crippen MR) is 125 cm³/mol. The highest BCUT2D eigenvalue weighted by Gasteiger charge is 2.27. The zero-order valence-electron chi connectivity index (χ0n) is 16.7. The maximum Gasteiger partial charge on any atom is 0.257 e. The summed E-state index contributed by atoms with van der Waals surface area (Å²) < 4.78 is 1.72. The lowest BCUT2D eigenvalue weighted by Crippen LogP contribution is -2.36. The molecule has 4 aromatic rings. The Kier molecular flexibility index (Phi) is 5.20. The van der Waals surface area contributed by atoms with Crippen LogP contribution in [-0.4, -0.2) is 26.5 Å². The molecule has 0 unspecified atom stereocenters. The third-order valence-corrected chi connectivity index (χ3v) is 6.57. The van der Waals surface area contributed by atoms with Crippen molar-refractivity contribution in [3.63, 3.8) is 0 Å². The molecule has 31 heavy (non-hydrogen) atoms. The molecule has 1 aliphatic carbocycles. The maximum absolute atomic E-state index is 13.3. The van der Waals surface area contributed by atoms with Crippen molar-refractivity contribution in [2.75, 3.05) is 5.73 Å². The third-order valence-electron chi connectivity index (χ3n) is 5.83. The number of halogens is 2. The van der Waals surface area contributed by atoms with Crippen LogP contribution >= 0.6 is 23.2 Å². The molecule has 1 saturated carbocycles. The summed E-state index contributed by atoms with van der Waals surface area (Å²) in [5.41, 5.74) is 9.94. The number of hydrogen-bond donors (Lipinski definition) is 2. The van der Waals surface area contributed by atoms with E-state index in [4.69, 9.17) is 38.9 Å². The van der Waals surface area contributed by atoms with E-state index in [9.17, 15) is 4.79 Å². The van der Waals surface area contributed by atoms with Gasteiger partial charge in [0.15, 0.2) is 5.65 Å². The zero-order valence-corrected chi connectivity index (χ0v) is 18.2. The number of aromatic nitrogens is 3. The molecule has 0 radical (unpaired) electrons. The van der Waals surface area contributed by atoms with Crippen molar-refractivity contribution >= 4 is 57.1 Å². The second-order valence-corrected chi connectivity index (χ2v) is 8.70. The maximum atomic E-state index is 13.3. The number of nitrogens with one attached hydrogen (secondary N) is 1. The highest BCUT2D eigenvalue weighted by molar-refractivity contribution is 6.42. The van der Waals surface area contributed by atoms with Gasteiger partial charge in [-0.1, -0.05) is 54.6 Å². The van der Waals surface area contributed by atoms with Gasteiger partial charge in [-0.3, -0.25) is 9.36 Å². The molecule has 3 N–H and O–H groups in total. The Morgan fingerprint density at radius 2 is 1.71 bits per heavy atom. The van der Waals surface area contributed by atoms with Gasteiger partial charge in [0.2, 0.25) is 0 Å². The van der Waals surface area contributed by atoms with E-state index < -0.39 is 0 Å². The first kappa shape index (κ1) is 20.1. The Morgan fingerprint density at radius 1 is 1.00 bits per heavy atom. The van der Waals surface area contributed by atoms with Gasteiger partial charge >= 0.3 is 0 Å². The number of amides is 1. The molecule has 1 fully saturated rings. The summed E-state index contributed by atoms with van der Waals surface area (Å²) >= 11 is 12.4. The fraction of sp³-hybridized carbons (Fsp3) is 0.261. The minimum Gasteiger partial charge on any atom is -0.384 e. The summed E-state index contributed by atoms with van der Waals surface area (Å²) in [6.45, 7) is 0. The Bertz CT molecular complexity index is 1310. The van der Waals surface area contributed by atoms with Gasteiger partial charge in [-0.05, 0) is 43.2 Å². The number of anilines is 1. The highest BCUT2D eigenvalue weighted by atomic mass is 35.5. The molecule has 2 heterocycles. The van der Waals surface area contributed by atoms with Crippen LogP contribution in [0.25, 0.3) is 27.9 Å². The summed E-state index contributed by atoms with van der Waals surface area (Å²) in [6.07, 6.45) is 5.41. The molecule has 2 aromatic heterocycles. The minimum atomic E-state index is -0.224. The summed E-state index contributed by atoms with van der Waals surface area (Å²) in [7, 11) is 0. The Hall–Kier alpha value is -2.83. The van der Waals surface area contributed by atoms with E-state index in [2.05, 4.69) is 5.32 Å². The minimum absolute atomic E-state index is 0.150. The van der Waals surface area contributed by atoms with Gasteiger partial charge in [0.25, 0.3) is 5.91 Å². The molecule has 5 rings (SSSR count). The Morgan fingerprint density at radius 3 is 2.42 bits per heavy atom. The number of nitrogen functional groups attached to an aromatic ring is 1. The second-order valence-electron chi connectivity index (χ2n) is 7.89.